The van der Waals surface area contributed by atoms with Crippen molar-refractivity contribution in [2.45, 2.75) is 20.8 Å². The third-order valence-corrected chi connectivity index (χ3v) is 3.29. The van der Waals surface area contributed by atoms with E-state index in [2.05, 4.69) is 10.6 Å². The monoisotopic (exact) mass is 288 g/mol. The number of halogens is 1. The molecule has 0 atom stereocenters. The van der Waals surface area contributed by atoms with E-state index < -0.39 is 0 Å². The van der Waals surface area contributed by atoms with Crippen molar-refractivity contribution < 1.29 is 4.39 Å². The molecule has 104 valence electrons. The highest BCUT2D eigenvalue weighted by Gasteiger charge is 2.05. The van der Waals surface area contributed by atoms with Crippen LogP contribution in [0, 0.1) is 26.6 Å². The minimum Gasteiger partial charge on any atom is -0.332 e. The van der Waals surface area contributed by atoms with Crippen LogP contribution < -0.4 is 10.6 Å². The maximum Gasteiger partial charge on any atom is 0.175 e. The third-order valence-electron chi connectivity index (χ3n) is 3.09. The standard InChI is InChI=1S/C16H17FN2S/c1-10-4-5-11(2)14(8-10)18-16(20)19-15-9-13(17)7-6-12(15)3/h4-9H,1-3H3,(H2,18,19,20). The van der Waals surface area contributed by atoms with Gasteiger partial charge in [-0.1, -0.05) is 18.2 Å². The Kier molecular flexibility index (Phi) is 4.35. The number of anilines is 2. The van der Waals surface area contributed by atoms with Gasteiger partial charge in [-0.2, -0.15) is 0 Å². The summed E-state index contributed by atoms with van der Waals surface area (Å²) in [6.07, 6.45) is 0. The zero-order valence-electron chi connectivity index (χ0n) is 11.8. The van der Waals surface area contributed by atoms with Gasteiger partial charge in [0.15, 0.2) is 5.11 Å². The molecule has 20 heavy (non-hydrogen) atoms. The Morgan fingerprint density at radius 1 is 0.900 bits per heavy atom. The number of rotatable bonds is 2. The molecule has 0 aliphatic heterocycles. The first-order chi connectivity index (χ1) is 9.45. The molecule has 2 nitrogen and oxygen atoms in total. The summed E-state index contributed by atoms with van der Waals surface area (Å²) >= 11 is 5.28. The first-order valence-corrected chi connectivity index (χ1v) is 6.78. The van der Waals surface area contributed by atoms with Gasteiger partial charge in [-0.3, -0.25) is 0 Å². The van der Waals surface area contributed by atoms with Gasteiger partial charge in [0.25, 0.3) is 0 Å². The van der Waals surface area contributed by atoms with Crippen LogP contribution in [0.4, 0.5) is 15.8 Å². The summed E-state index contributed by atoms with van der Waals surface area (Å²) in [5, 5.41) is 6.62. The third kappa shape index (κ3) is 3.54. The van der Waals surface area contributed by atoms with Crippen molar-refractivity contribution in [1.82, 2.24) is 0 Å². The van der Waals surface area contributed by atoms with E-state index in [1.165, 1.54) is 12.1 Å². The lowest BCUT2D eigenvalue weighted by atomic mass is 10.1. The van der Waals surface area contributed by atoms with E-state index in [9.17, 15) is 4.39 Å². The average molecular weight is 288 g/mol. The van der Waals surface area contributed by atoms with E-state index in [0.717, 1.165) is 22.4 Å². The van der Waals surface area contributed by atoms with Crippen molar-refractivity contribution in [3.05, 3.63) is 58.9 Å². The molecule has 0 saturated carbocycles. The summed E-state index contributed by atoms with van der Waals surface area (Å²) < 4.78 is 13.2. The highest BCUT2D eigenvalue weighted by molar-refractivity contribution is 7.80. The van der Waals surface area contributed by atoms with E-state index in [4.69, 9.17) is 12.2 Å². The Bertz CT molecular complexity index is 597. The zero-order valence-corrected chi connectivity index (χ0v) is 12.6. The van der Waals surface area contributed by atoms with Gasteiger partial charge >= 0.3 is 0 Å². The molecule has 0 bridgehead atoms. The van der Waals surface area contributed by atoms with Crippen molar-refractivity contribution in [1.29, 1.82) is 0 Å². The van der Waals surface area contributed by atoms with Crippen LogP contribution >= 0.6 is 12.2 Å². The molecule has 2 aromatic carbocycles. The topological polar surface area (TPSA) is 24.1 Å². The van der Waals surface area contributed by atoms with Crippen LogP contribution in [-0.2, 0) is 0 Å². The second-order valence-corrected chi connectivity index (χ2v) is 5.26. The Balaban J connectivity index is 2.13. The number of hydrogen-bond donors (Lipinski definition) is 2. The van der Waals surface area contributed by atoms with Crippen molar-refractivity contribution >= 4 is 28.7 Å². The minimum absolute atomic E-state index is 0.285. The Labute approximate surface area is 124 Å². The second-order valence-electron chi connectivity index (χ2n) is 4.86. The number of hydrogen-bond acceptors (Lipinski definition) is 1. The molecule has 0 aliphatic rings. The zero-order chi connectivity index (χ0) is 14.7. The fraction of sp³-hybridized carbons (Fsp3) is 0.188. The van der Waals surface area contributed by atoms with Crippen molar-refractivity contribution in [2.75, 3.05) is 10.6 Å². The predicted octanol–water partition coefficient (Wildman–Crippen LogP) is 4.56. The average Bonchev–Trinajstić information content (AvgIpc) is 2.38. The molecule has 0 fully saturated rings. The molecular weight excluding hydrogens is 271 g/mol. The maximum absolute atomic E-state index is 13.2. The van der Waals surface area contributed by atoms with E-state index in [-0.39, 0.29) is 5.82 Å². The lowest BCUT2D eigenvalue weighted by Gasteiger charge is -2.14. The molecule has 2 N–H and O–H groups in total. The first kappa shape index (κ1) is 14.5. The van der Waals surface area contributed by atoms with Crippen LogP contribution in [0.2, 0.25) is 0 Å². The number of benzene rings is 2. The van der Waals surface area contributed by atoms with E-state index in [0.29, 0.717) is 10.8 Å². The van der Waals surface area contributed by atoms with Gasteiger partial charge in [0, 0.05) is 11.4 Å². The van der Waals surface area contributed by atoms with Gasteiger partial charge in [0.05, 0.1) is 0 Å². The van der Waals surface area contributed by atoms with Gasteiger partial charge < -0.3 is 10.6 Å². The molecular formula is C16H17FN2S. The van der Waals surface area contributed by atoms with Crippen LogP contribution in [0.5, 0.6) is 0 Å². The van der Waals surface area contributed by atoms with Gasteiger partial charge in [-0.25, -0.2) is 4.39 Å². The SMILES string of the molecule is Cc1ccc(C)c(NC(=S)Nc2cc(F)ccc2C)c1. The number of thiocarbonyl (C=S) groups is 1. The smallest absolute Gasteiger partial charge is 0.175 e. The molecule has 0 amide bonds. The van der Waals surface area contributed by atoms with Gasteiger partial charge in [0.2, 0.25) is 0 Å². The molecule has 0 aliphatic carbocycles. The summed E-state index contributed by atoms with van der Waals surface area (Å²) in [7, 11) is 0. The highest BCUT2D eigenvalue weighted by atomic mass is 32.1. The molecule has 0 unspecified atom stereocenters. The van der Waals surface area contributed by atoms with Crippen molar-refractivity contribution in [3.8, 4) is 0 Å². The molecule has 0 spiro atoms. The van der Waals surface area contributed by atoms with Gasteiger partial charge in [-0.05, 0) is 67.9 Å². The summed E-state index contributed by atoms with van der Waals surface area (Å²) in [6, 6.07) is 10.7. The van der Waals surface area contributed by atoms with Crippen LogP contribution in [0.15, 0.2) is 36.4 Å². The normalized spacial score (nSPS) is 10.2. The van der Waals surface area contributed by atoms with Crippen LogP contribution in [0.1, 0.15) is 16.7 Å². The maximum atomic E-state index is 13.2. The Hall–Kier alpha value is -1.94. The largest absolute Gasteiger partial charge is 0.332 e. The predicted molar refractivity (Wildman–Crippen MR) is 86.9 cm³/mol. The second kappa shape index (κ2) is 6.01. The lowest BCUT2D eigenvalue weighted by Crippen LogP contribution is -2.20. The van der Waals surface area contributed by atoms with Crippen LogP contribution in [-0.4, -0.2) is 5.11 Å². The van der Waals surface area contributed by atoms with Crippen molar-refractivity contribution in [3.63, 3.8) is 0 Å². The van der Waals surface area contributed by atoms with Crippen molar-refractivity contribution in [2.24, 2.45) is 0 Å². The lowest BCUT2D eigenvalue weighted by molar-refractivity contribution is 0.628. The summed E-state index contributed by atoms with van der Waals surface area (Å²) in [4.78, 5) is 0. The molecule has 0 saturated heterocycles. The van der Waals surface area contributed by atoms with Crippen LogP contribution in [0.25, 0.3) is 0 Å². The summed E-state index contributed by atoms with van der Waals surface area (Å²) in [5.74, 6) is -0.285. The fourth-order valence-corrected chi connectivity index (χ4v) is 2.10. The number of aryl methyl sites for hydroxylation is 3. The minimum atomic E-state index is -0.285. The molecule has 0 heterocycles. The first-order valence-electron chi connectivity index (χ1n) is 6.37. The Morgan fingerprint density at radius 3 is 2.10 bits per heavy atom. The molecule has 0 radical (unpaired) electrons. The summed E-state index contributed by atoms with van der Waals surface area (Å²) in [6.45, 7) is 5.94. The summed E-state index contributed by atoms with van der Waals surface area (Å²) in [5.41, 5.74) is 4.83. The fourth-order valence-electron chi connectivity index (χ4n) is 1.88. The molecule has 4 heteroatoms. The highest BCUT2D eigenvalue weighted by Crippen LogP contribution is 2.19. The number of nitrogens with one attached hydrogen (secondary N) is 2. The van der Waals surface area contributed by atoms with Crippen LogP contribution in [0.3, 0.4) is 0 Å². The molecule has 2 aromatic rings. The Morgan fingerprint density at radius 2 is 1.45 bits per heavy atom. The van der Waals surface area contributed by atoms with Gasteiger partial charge in [-0.15, -0.1) is 0 Å². The van der Waals surface area contributed by atoms with E-state index in [1.807, 2.05) is 39.0 Å². The van der Waals surface area contributed by atoms with E-state index in [1.54, 1.807) is 6.07 Å². The molecule has 0 aromatic heterocycles. The van der Waals surface area contributed by atoms with E-state index >= 15 is 0 Å². The quantitative estimate of drug-likeness (QED) is 0.792. The van der Waals surface area contributed by atoms with Gasteiger partial charge in [0.1, 0.15) is 5.82 Å². The molecule has 2 rings (SSSR count).